The van der Waals surface area contributed by atoms with Crippen molar-refractivity contribution in [3.05, 3.63) is 0 Å². The molecule has 0 rings (SSSR count). The Morgan fingerprint density at radius 2 is 1.26 bits per heavy atom. The van der Waals surface area contributed by atoms with Crippen molar-refractivity contribution in [3.63, 3.8) is 0 Å². The molecule has 0 aliphatic heterocycles. The van der Waals surface area contributed by atoms with Crippen molar-refractivity contribution < 1.29 is 37.0 Å². The number of aliphatic hydroxyl groups excluding tert-OH is 1. The summed E-state index contributed by atoms with van der Waals surface area (Å²) in [6.45, 7) is 3.19. The molecule has 208 valence electrons. The highest BCUT2D eigenvalue weighted by atomic mass is 32.1. The molecule has 1 N–H and O–H groups in total. The van der Waals surface area contributed by atoms with Crippen LogP contribution in [0.15, 0.2) is 0 Å². The van der Waals surface area contributed by atoms with Crippen molar-refractivity contribution in [2.45, 2.75) is 97.0 Å². The number of aliphatic hydroxyl groups is 1. The predicted octanol–water partition coefficient (Wildman–Crippen LogP) is 6.50. The summed E-state index contributed by atoms with van der Waals surface area (Å²) < 4.78 is 10.0. The van der Waals surface area contributed by atoms with Gasteiger partial charge in [-0.1, -0.05) is 77.1 Å². The number of ether oxygens (including phenoxy) is 2. The van der Waals surface area contributed by atoms with Crippen LogP contribution in [-0.2, 0) is 19.1 Å². The van der Waals surface area contributed by atoms with Gasteiger partial charge in [-0.15, -0.1) is 0 Å². The SMILES string of the molecule is CC#CC#CC#CC#CC#CC(=O)OC[C@@H](CO)OC(=O)CCCCCCCCCCCCC.S.[HH].[HH].[HH].[HH].[HH].[HH].[HH].[HH].[HH]. The molecular weight excluding hydrogens is 460 g/mol. The van der Waals surface area contributed by atoms with Gasteiger partial charge >= 0.3 is 11.9 Å². The highest BCUT2D eigenvalue weighted by molar-refractivity contribution is 7.59. The van der Waals surface area contributed by atoms with Crippen LogP contribution in [0.4, 0.5) is 0 Å². The van der Waals surface area contributed by atoms with Crippen molar-refractivity contribution in [2.75, 3.05) is 13.2 Å². The van der Waals surface area contributed by atoms with Gasteiger partial charge in [-0.2, -0.15) is 13.5 Å². The molecule has 0 amide bonds. The fraction of sp³-hybridized carbons (Fsp3) is 0.586. The lowest BCUT2D eigenvalue weighted by Gasteiger charge is -2.14. The highest BCUT2D eigenvalue weighted by Crippen LogP contribution is 2.12. The zero-order valence-electron chi connectivity index (χ0n) is 21.1. The standard InChI is InChI=1S/C29H36O5.H2S.9H2/c1-3-5-7-9-11-13-14-16-18-20-22-24-29(32)34-27(25-30)26-33-28(31)23-21-19-17-15-12-10-8-6-4-2;;;;;;;;;;/h27,30H,3,5,7,9,11,13-14,16,18,20,22,24-26H2,1-2H3;1H2;9*1H/t27-;;;;;;;;;;/m1........../s1. The second kappa shape index (κ2) is 27.3. The van der Waals surface area contributed by atoms with Crippen molar-refractivity contribution in [2.24, 2.45) is 0 Å². The number of unbranched alkanes of at least 4 members (excludes halogenated alkanes) is 10. The molecule has 5 nitrogen and oxygen atoms in total. The molecule has 0 unspecified atom stereocenters. The molecule has 0 heterocycles. The minimum atomic E-state index is -0.910. The van der Waals surface area contributed by atoms with Crippen LogP contribution < -0.4 is 0 Å². The average molecular weight is 517 g/mol. The van der Waals surface area contributed by atoms with Crippen LogP contribution in [0.1, 0.15) is 104 Å². The zero-order chi connectivity index (χ0) is 25.1. The largest absolute Gasteiger partial charge is 0.456 e. The van der Waals surface area contributed by atoms with Crippen LogP contribution in [-0.4, -0.2) is 36.4 Å². The monoisotopic (exact) mass is 516 g/mol. The maximum absolute atomic E-state index is 11.9. The van der Waals surface area contributed by atoms with E-state index in [1.54, 1.807) is 6.92 Å². The molecule has 0 aromatic heterocycles. The van der Waals surface area contributed by atoms with Gasteiger partial charge in [0.05, 0.1) is 6.61 Å². The number of rotatable bonds is 16. The average Bonchev–Trinajstić information content (AvgIpc) is 2.84. The molecule has 0 aromatic rings. The van der Waals surface area contributed by atoms with E-state index in [-0.39, 0.29) is 39.4 Å². The summed E-state index contributed by atoms with van der Waals surface area (Å²) in [5, 5.41) is 9.34. The topological polar surface area (TPSA) is 72.8 Å². The van der Waals surface area contributed by atoms with Crippen LogP contribution in [0.5, 0.6) is 0 Å². The Balaban J connectivity index is -0.000000121. The predicted molar refractivity (Wildman–Crippen MR) is 163 cm³/mol. The molecule has 0 saturated carbocycles. The molecule has 35 heavy (non-hydrogen) atoms. The second-order valence-electron chi connectivity index (χ2n) is 7.55. The van der Waals surface area contributed by atoms with E-state index in [4.69, 9.17) is 9.47 Å². The van der Waals surface area contributed by atoms with Gasteiger partial charge in [0.1, 0.15) is 6.61 Å². The van der Waals surface area contributed by atoms with Gasteiger partial charge in [-0.05, 0) is 60.7 Å². The van der Waals surface area contributed by atoms with E-state index >= 15 is 0 Å². The van der Waals surface area contributed by atoms with E-state index in [9.17, 15) is 14.7 Å². The van der Waals surface area contributed by atoms with Gasteiger partial charge in [0.15, 0.2) is 6.10 Å². The van der Waals surface area contributed by atoms with Crippen molar-refractivity contribution >= 4 is 25.4 Å². The Bertz CT molecular complexity index is 930. The first-order valence-electron chi connectivity index (χ1n) is 12.0. The number of carbonyl (C=O) groups is 2. The molecule has 0 saturated heterocycles. The Morgan fingerprint density at radius 1 is 0.771 bits per heavy atom. The zero-order valence-corrected chi connectivity index (χ0v) is 22.1. The van der Waals surface area contributed by atoms with Gasteiger partial charge in [0.2, 0.25) is 0 Å². The summed E-state index contributed by atoms with van der Waals surface area (Å²) in [6.07, 6.45) is 12.6. The lowest BCUT2D eigenvalue weighted by atomic mass is 10.1. The molecule has 0 fully saturated rings. The van der Waals surface area contributed by atoms with E-state index in [2.05, 4.69) is 66.1 Å². The fourth-order valence-electron chi connectivity index (χ4n) is 2.84. The van der Waals surface area contributed by atoms with Gasteiger partial charge in [-0.3, -0.25) is 4.79 Å². The Labute approximate surface area is 232 Å². The van der Waals surface area contributed by atoms with E-state index in [0.29, 0.717) is 0 Å². The molecular formula is C29H56O5S. The molecule has 1 atom stereocenters. The Hall–Kier alpha value is -2.95. The summed E-state index contributed by atoms with van der Waals surface area (Å²) >= 11 is 0. The first kappa shape index (κ1) is 34.2. The van der Waals surface area contributed by atoms with Gasteiger partial charge in [0, 0.05) is 25.2 Å². The Kier molecular flexibility index (Phi) is 26.7. The molecule has 6 heteroatoms. The molecule has 0 spiro atoms. The number of carbonyl (C=O) groups excluding carboxylic acids is 2. The van der Waals surface area contributed by atoms with E-state index in [1.807, 2.05) is 0 Å². The molecule has 0 aliphatic rings. The molecule has 0 aliphatic carbocycles. The number of hydrogen-bond acceptors (Lipinski definition) is 5. The third-order valence-corrected chi connectivity index (χ3v) is 4.61. The first-order chi connectivity index (χ1) is 16.6. The van der Waals surface area contributed by atoms with E-state index in [0.717, 1.165) is 19.3 Å². The van der Waals surface area contributed by atoms with Crippen LogP contribution in [0.2, 0.25) is 0 Å². The summed E-state index contributed by atoms with van der Waals surface area (Å²) in [6, 6.07) is 0. The van der Waals surface area contributed by atoms with Crippen LogP contribution in [0.3, 0.4) is 0 Å². The summed E-state index contributed by atoms with van der Waals surface area (Å²) in [4.78, 5) is 23.5. The van der Waals surface area contributed by atoms with E-state index in [1.165, 1.54) is 51.4 Å². The second-order valence-corrected chi connectivity index (χ2v) is 7.55. The van der Waals surface area contributed by atoms with Crippen LogP contribution in [0, 0.1) is 59.2 Å². The lowest BCUT2D eigenvalue weighted by molar-refractivity contribution is -0.159. The molecule has 0 bridgehead atoms. The minimum absolute atomic E-state index is 0. The van der Waals surface area contributed by atoms with Crippen molar-refractivity contribution in [1.29, 1.82) is 0 Å². The lowest BCUT2D eigenvalue weighted by Crippen LogP contribution is -2.28. The summed E-state index contributed by atoms with van der Waals surface area (Å²) in [5.74, 6) is 23.0. The Morgan fingerprint density at radius 3 is 1.77 bits per heavy atom. The number of esters is 2. The minimum Gasteiger partial charge on any atom is -0.456 e. The summed E-state index contributed by atoms with van der Waals surface area (Å²) in [5.41, 5.74) is 0. The summed E-state index contributed by atoms with van der Waals surface area (Å²) in [7, 11) is 0. The normalized spacial score (nSPS) is 9.34. The first-order valence-corrected chi connectivity index (χ1v) is 12.0. The highest BCUT2D eigenvalue weighted by Gasteiger charge is 2.15. The maximum Gasteiger partial charge on any atom is 0.385 e. The van der Waals surface area contributed by atoms with E-state index < -0.39 is 24.6 Å². The van der Waals surface area contributed by atoms with Gasteiger partial charge in [0.25, 0.3) is 0 Å². The molecule has 0 aromatic carbocycles. The van der Waals surface area contributed by atoms with Crippen molar-refractivity contribution in [3.8, 4) is 59.2 Å². The maximum atomic E-state index is 11.9. The van der Waals surface area contributed by atoms with Crippen LogP contribution >= 0.6 is 13.5 Å². The van der Waals surface area contributed by atoms with Gasteiger partial charge < -0.3 is 14.6 Å². The van der Waals surface area contributed by atoms with Crippen molar-refractivity contribution in [1.82, 2.24) is 0 Å². The van der Waals surface area contributed by atoms with Gasteiger partial charge in [-0.25, -0.2) is 4.79 Å². The third-order valence-electron chi connectivity index (χ3n) is 4.61. The quantitative estimate of drug-likeness (QED) is 0.110. The number of hydrogen-bond donors (Lipinski definition) is 1. The molecule has 0 radical (unpaired) electrons. The van der Waals surface area contributed by atoms with Crippen LogP contribution in [0.25, 0.3) is 0 Å². The third kappa shape index (κ3) is 25.5. The fourth-order valence-corrected chi connectivity index (χ4v) is 2.84. The smallest absolute Gasteiger partial charge is 0.385 e.